The molecule has 1 aromatic carbocycles. The molecule has 3 rings (SSSR count). The van der Waals surface area contributed by atoms with Gasteiger partial charge in [-0.1, -0.05) is 23.7 Å². The molecule has 1 aliphatic heterocycles. The van der Waals surface area contributed by atoms with Crippen LogP contribution in [0.25, 0.3) is 11.0 Å². The first-order valence-corrected chi connectivity index (χ1v) is 7.43. The van der Waals surface area contributed by atoms with Crippen molar-refractivity contribution in [2.24, 2.45) is 0 Å². The van der Waals surface area contributed by atoms with Gasteiger partial charge in [0.1, 0.15) is 6.10 Å². The number of hydrogen-bond donors (Lipinski definition) is 1. The molecular formula is C15H16ClN3O4. The predicted octanol–water partition coefficient (Wildman–Crippen LogP) is 1.54. The van der Waals surface area contributed by atoms with Gasteiger partial charge in [-0.05, 0) is 12.1 Å². The number of nitrogens with one attached hydrogen (secondary N) is 1. The number of nitrogens with zero attached hydrogens (tertiary/aromatic N) is 2. The lowest BCUT2D eigenvalue weighted by atomic mass is 10.1. The van der Waals surface area contributed by atoms with Gasteiger partial charge in [0.2, 0.25) is 5.72 Å². The number of fused-ring (bicyclic) bond motifs is 1. The maximum absolute atomic E-state index is 11.9. The van der Waals surface area contributed by atoms with E-state index in [1.54, 1.807) is 0 Å². The second-order valence-corrected chi connectivity index (χ2v) is 5.51. The molecule has 2 aromatic rings. The molecule has 0 saturated carbocycles. The normalized spacial score (nSPS) is 23.9. The first-order valence-electron chi connectivity index (χ1n) is 7.05. The summed E-state index contributed by atoms with van der Waals surface area (Å²) in [6.45, 7) is 0.397. The minimum atomic E-state index is -1.21. The third-order valence-corrected chi connectivity index (χ3v) is 4.02. The highest BCUT2D eigenvalue weighted by molar-refractivity contribution is 6.31. The van der Waals surface area contributed by atoms with E-state index in [2.05, 4.69) is 15.3 Å². The van der Waals surface area contributed by atoms with Crippen LogP contribution in [-0.2, 0) is 14.3 Å². The fraction of sp³-hybridized carbons (Fsp3) is 0.400. The van der Waals surface area contributed by atoms with Crippen LogP contribution in [0.5, 0.6) is 5.88 Å². The molecule has 0 amide bonds. The lowest BCUT2D eigenvalue weighted by Gasteiger charge is -2.24. The molecule has 1 saturated heterocycles. The zero-order valence-electron chi connectivity index (χ0n) is 12.7. The van der Waals surface area contributed by atoms with E-state index in [9.17, 15) is 4.79 Å². The standard InChI is InChI=1S/C15H16ClN3O4/c1-21-14(20)15(22-2)7-9(8-17-15)23-13-12(16)18-10-5-3-4-6-11(10)19-13/h3-6,9,17H,7-8H2,1-2H3/t9-,15+/m1/s1. The average Bonchev–Trinajstić information content (AvgIpc) is 2.99. The summed E-state index contributed by atoms with van der Waals surface area (Å²) in [7, 11) is 2.75. The molecule has 1 aliphatic rings. The molecule has 1 N–H and O–H groups in total. The van der Waals surface area contributed by atoms with Crippen molar-refractivity contribution >= 4 is 28.6 Å². The van der Waals surface area contributed by atoms with Crippen LogP contribution < -0.4 is 10.1 Å². The van der Waals surface area contributed by atoms with Crippen LogP contribution in [0.4, 0.5) is 0 Å². The molecule has 0 spiro atoms. The molecular weight excluding hydrogens is 322 g/mol. The van der Waals surface area contributed by atoms with Crippen molar-refractivity contribution in [3.63, 3.8) is 0 Å². The highest BCUT2D eigenvalue weighted by Gasteiger charge is 2.48. The maximum Gasteiger partial charge on any atom is 0.353 e. The molecule has 0 radical (unpaired) electrons. The molecule has 7 nitrogen and oxygen atoms in total. The molecule has 1 fully saturated rings. The Bertz CT molecular complexity index is 742. The molecule has 1 aromatic heterocycles. The van der Waals surface area contributed by atoms with E-state index in [1.807, 2.05) is 24.3 Å². The van der Waals surface area contributed by atoms with Crippen molar-refractivity contribution in [1.29, 1.82) is 0 Å². The van der Waals surface area contributed by atoms with E-state index in [0.29, 0.717) is 17.6 Å². The summed E-state index contributed by atoms with van der Waals surface area (Å²) in [5, 5.41) is 3.16. The summed E-state index contributed by atoms with van der Waals surface area (Å²) in [4.78, 5) is 20.5. The molecule has 2 heterocycles. The summed E-state index contributed by atoms with van der Waals surface area (Å²) in [6.07, 6.45) is -0.0666. The average molecular weight is 338 g/mol. The maximum atomic E-state index is 11.9. The Morgan fingerprint density at radius 2 is 2.00 bits per heavy atom. The molecule has 122 valence electrons. The molecule has 8 heteroatoms. The van der Waals surface area contributed by atoms with Crippen LogP contribution in [0.2, 0.25) is 5.15 Å². The Morgan fingerprint density at radius 1 is 1.30 bits per heavy atom. The molecule has 0 aliphatic carbocycles. The van der Waals surface area contributed by atoms with Crippen molar-refractivity contribution in [1.82, 2.24) is 15.3 Å². The second-order valence-electron chi connectivity index (χ2n) is 5.16. The SMILES string of the molecule is COC(=O)[C@@]1(OC)C[C@@H](Oc2nc3ccccc3nc2Cl)CN1. The second kappa shape index (κ2) is 6.27. The van der Waals surface area contributed by atoms with Gasteiger partial charge in [-0.3, -0.25) is 5.32 Å². The van der Waals surface area contributed by atoms with Crippen LogP contribution in [0.3, 0.4) is 0 Å². The Hall–Kier alpha value is -1.96. The number of aromatic nitrogens is 2. The zero-order chi connectivity index (χ0) is 16.4. The van der Waals surface area contributed by atoms with E-state index in [0.717, 1.165) is 0 Å². The fourth-order valence-corrected chi connectivity index (χ4v) is 2.76. The topological polar surface area (TPSA) is 82.6 Å². The van der Waals surface area contributed by atoms with Gasteiger partial charge in [-0.25, -0.2) is 14.8 Å². The van der Waals surface area contributed by atoms with E-state index >= 15 is 0 Å². The van der Waals surface area contributed by atoms with Crippen molar-refractivity contribution in [3.05, 3.63) is 29.4 Å². The summed E-state index contributed by atoms with van der Waals surface area (Å²) in [5.74, 6) is -0.268. The summed E-state index contributed by atoms with van der Waals surface area (Å²) >= 11 is 6.13. The molecule has 0 bridgehead atoms. The third-order valence-electron chi connectivity index (χ3n) is 3.77. The predicted molar refractivity (Wildman–Crippen MR) is 83.3 cm³/mol. The van der Waals surface area contributed by atoms with Crippen LogP contribution in [0.1, 0.15) is 6.42 Å². The number of ether oxygens (including phenoxy) is 3. The van der Waals surface area contributed by atoms with E-state index in [1.165, 1.54) is 14.2 Å². The number of methoxy groups -OCH3 is 2. The van der Waals surface area contributed by atoms with Crippen LogP contribution in [-0.4, -0.2) is 48.5 Å². The van der Waals surface area contributed by atoms with Gasteiger partial charge in [0, 0.05) is 20.1 Å². The zero-order valence-corrected chi connectivity index (χ0v) is 13.5. The van der Waals surface area contributed by atoms with E-state index in [4.69, 9.17) is 25.8 Å². The monoisotopic (exact) mass is 337 g/mol. The van der Waals surface area contributed by atoms with Crippen LogP contribution in [0.15, 0.2) is 24.3 Å². The third kappa shape index (κ3) is 2.95. The first kappa shape index (κ1) is 15.9. The summed E-state index contributed by atoms with van der Waals surface area (Å²) < 4.78 is 15.9. The lowest BCUT2D eigenvalue weighted by molar-refractivity contribution is -0.169. The number of para-hydroxylation sites is 2. The number of carbonyl (C=O) groups excluding carboxylic acids is 1. The van der Waals surface area contributed by atoms with Gasteiger partial charge in [-0.15, -0.1) is 0 Å². The highest BCUT2D eigenvalue weighted by atomic mass is 35.5. The Balaban J connectivity index is 1.80. The van der Waals surface area contributed by atoms with Gasteiger partial charge in [0.15, 0.2) is 5.15 Å². The van der Waals surface area contributed by atoms with Crippen molar-refractivity contribution in [3.8, 4) is 5.88 Å². The number of benzene rings is 1. The van der Waals surface area contributed by atoms with Crippen molar-refractivity contribution < 1.29 is 19.0 Å². The highest BCUT2D eigenvalue weighted by Crippen LogP contribution is 2.29. The van der Waals surface area contributed by atoms with Gasteiger partial charge in [-0.2, -0.15) is 0 Å². The molecule has 2 atom stereocenters. The number of hydrogen-bond acceptors (Lipinski definition) is 7. The van der Waals surface area contributed by atoms with Gasteiger partial charge in [0.05, 0.1) is 18.1 Å². The van der Waals surface area contributed by atoms with Crippen LogP contribution in [0, 0.1) is 0 Å². The number of carbonyl (C=O) groups is 1. The first-order chi connectivity index (χ1) is 11.1. The van der Waals surface area contributed by atoms with E-state index < -0.39 is 11.7 Å². The van der Waals surface area contributed by atoms with Crippen molar-refractivity contribution in [2.75, 3.05) is 20.8 Å². The number of halogens is 1. The Morgan fingerprint density at radius 3 is 2.65 bits per heavy atom. The molecule has 0 unspecified atom stereocenters. The van der Waals surface area contributed by atoms with Crippen molar-refractivity contribution in [2.45, 2.75) is 18.2 Å². The lowest BCUT2D eigenvalue weighted by Crippen LogP contribution is -2.49. The minimum Gasteiger partial charge on any atom is -0.471 e. The summed E-state index contributed by atoms with van der Waals surface area (Å²) in [5.41, 5.74) is 0.162. The Labute approximate surface area is 137 Å². The minimum absolute atomic E-state index is 0.177. The van der Waals surface area contributed by atoms with E-state index in [-0.39, 0.29) is 23.6 Å². The number of rotatable bonds is 4. The summed E-state index contributed by atoms with van der Waals surface area (Å²) in [6, 6.07) is 7.37. The molecule has 23 heavy (non-hydrogen) atoms. The van der Waals surface area contributed by atoms with Gasteiger partial charge in [0.25, 0.3) is 5.88 Å². The van der Waals surface area contributed by atoms with Gasteiger partial charge < -0.3 is 14.2 Å². The van der Waals surface area contributed by atoms with Crippen LogP contribution >= 0.6 is 11.6 Å². The fourth-order valence-electron chi connectivity index (χ4n) is 2.58. The van der Waals surface area contributed by atoms with Gasteiger partial charge >= 0.3 is 5.97 Å². The smallest absolute Gasteiger partial charge is 0.353 e. The Kier molecular flexibility index (Phi) is 4.34. The largest absolute Gasteiger partial charge is 0.471 e. The quantitative estimate of drug-likeness (QED) is 0.847. The number of esters is 1.